The minimum Gasteiger partial charge on any atom is -0.465 e. The third-order valence-corrected chi connectivity index (χ3v) is 2.62. The van der Waals surface area contributed by atoms with Crippen LogP contribution in [-0.2, 0) is 6.54 Å². The van der Waals surface area contributed by atoms with Crippen LogP contribution in [0.3, 0.4) is 0 Å². The maximum Gasteiger partial charge on any atom is 0.296 e. The van der Waals surface area contributed by atoms with Gasteiger partial charge in [-0.15, -0.1) is 0 Å². The molecule has 5 heteroatoms. The van der Waals surface area contributed by atoms with Crippen LogP contribution in [0, 0.1) is 6.92 Å². The van der Waals surface area contributed by atoms with Crippen molar-refractivity contribution in [3.63, 3.8) is 0 Å². The Morgan fingerprint density at radius 2 is 2.11 bits per heavy atom. The molecule has 0 unspecified atom stereocenters. The summed E-state index contributed by atoms with van der Waals surface area (Å²) in [5, 5.41) is 3.07. The first-order chi connectivity index (χ1) is 8.70. The molecule has 0 bridgehead atoms. The Bertz CT molecular complexity index is 684. The van der Waals surface area contributed by atoms with Crippen molar-refractivity contribution in [1.29, 1.82) is 0 Å². The van der Waals surface area contributed by atoms with E-state index in [0.29, 0.717) is 23.8 Å². The molecule has 0 radical (unpaired) electrons. The molecule has 0 aliphatic rings. The maximum absolute atomic E-state index is 5.68. The second kappa shape index (κ2) is 4.10. The van der Waals surface area contributed by atoms with E-state index in [1.807, 2.05) is 19.1 Å². The highest BCUT2D eigenvalue weighted by Crippen LogP contribution is 2.21. The van der Waals surface area contributed by atoms with Gasteiger partial charge in [-0.2, -0.15) is 4.98 Å². The first-order valence-electron chi connectivity index (χ1n) is 5.66. The fourth-order valence-corrected chi connectivity index (χ4v) is 1.76. The van der Waals surface area contributed by atoms with E-state index < -0.39 is 0 Å². The molecule has 3 rings (SSSR count). The summed E-state index contributed by atoms with van der Waals surface area (Å²) in [7, 11) is 0. The zero-order valence-electron chi connectivity index (χ0n) is 9.93. The van der Waals surface area contributed by atoms with Crippen LogP contribution in [0.2, 0.25) is 0 Å². The molecule has 0 fully saturated rings. The van der Waals surface area contributed by atoms with Crippen LogP contribution in [0.25, 0.3) is 11.1 Å². The van der Waals surface area contributed by atoms with Crippen molar-refractivity contribution in [1.82, 2.24) is 4.98 Å². The molecule has 1 aromatic carbocycles. The molecular formula is C13H13N3O2. The average molecular weight is 243 g/mol. The smallest absolute Gasteiger partial charge is 0.296 e. The van der Waals surface area contributed by atoms with Gasteiger partial charge in [0.25, 0.3) is 6.01 Å². The molecular weight excluding hydrogens is 230 g/mol. The van der Waals surface area contributed by atoms with Crippen LogP contribution < -0.4 is 11.1 Å². The van der Waals surface area contributed by atoms with Crippen LogP contribution >= 0.6 is 0 Å². The summed E-state index contributed by atoms with van der Waals surface area (Å²) >= 11 is 0. The van der Waals surface area contributed by atoms with E-state index in [2.05, 4.69) is 10.3 Å². The lowest BCUT2D eigenvalue weighted by Gasteiger charge is -1.97. The van der Waals surface area contributed by atoms with E-state index in [4.69, 9.17) is 14.6 Å². The van der Waals surface area contributed by atoms with Gasteiger partial charge >= 0.3 is 0 Å². The fourth-order valence-electron chi connectivity index (χ4n) is 1.76. The molecule has 3 aromatic rings. The Morgan fingerprint density at radius 1 is 1.22 bits per heavy atom. The standard InChI is InChI=1S/C13H13N3O2/c1-8-2-4-10(17-8)7-15-13-16-11-6-9(14)3-5-12(11)18-13/h2-6H,7,14H2,1H3,(H,15,16). The number of aryl methyl sites for hydroxylation is 1. The first-order valence-corrected chi connectivity index (χ1v) is 5.66. The average Bonchev–Trinajstić information content (AvgIpc) is 2.92. The van der Waals surface area contributed by atoms with Gasteiger partial charge in [-0.05, 0) is 37.3 Å². The monoisotopic (exact) mass is 243 g/mol. The third kappa shape index (κ3) is 2.02. The van der Waals surface area contributed by atoms with Gasteiger partial charge in [0.05, 0.1) is 6.54 Å². The van der Waals surface area contributed by atoms with E-state index >= 15 is 0 Å². The minimum absolute atomic E-state index is 0.463. The molecule has 0 saturated carbocycles. The maximum atomic E-state index is 5.68. The number of nitrogen functional groups attached to an aromatic ring is 1. The SMILES string of the molecule is Cc1ccc(CNc2nc3cc(N)ccc3o2)o1. The highest BCUT2D eigenvalue weighted by Gasteiger charge is 2.06. The van der Waals surface area contributed by atoms with Crippen LogP contribution in [0.4, 0.5) is 11.7 Å². The summed E-state index contributed by atoms with van der Waals surface area (Å²) < 4.78 is 11.0. The number of rotatable bonds is 3. The number of nitrogens with two attached hydrogens (primary N) is 1. The molecule has 2 aromatic heterocycles. The van der Waals surface area contributed by atoms with Crippen molar-refractivity contribution in [2.75, 3.05) is 11.1 Å². The van der Waals surface area contributed by atoms with Crippen molar-refractivity contribution >= 4 is 22.8 Å². The topological polar surface area (TPSA) is 77.2 Å². The van der Waals surface area contributed by atoms with Gasteiger partial charge in [0.2, 0.25) is 0 Å². The van der Waals surface area contributed by atoms with Crippen molar-refractivity contribution in [3.05, 3.63) is 41.9 Å². The van der Waals surface area contributed by atoms with Gasteiger partial charge in [0.15, 0.2) is 5.58 Å². The van der Waals surface area contributed by atoms with Crippen LogP contribution in [-0.4, -0.2) is 4.98 Å². The first kappa shape index (κ1) is 10.7. The van der Waals surface area contributed by atoms with E-state index in [-0.39, 0.29) is 0 Å². The van der Waals surface area contributed by atoms with Gasteiger partial charge in [-0.1, -0.05) is 0 Å². The molecule has 0 aliphatic heterocycles. The van der Waals surface area contributed by atoms with Crippen molar-refractivity contribution in [3.8, 4) is 0 Å². The Labute approximate surface area is 104 Å². The number of fused-ring (bicyclic) bond motifs is 1. The lowest BCUT2D eigenvalue weighted by Crippen LogP contribution is -1.97. The van der Waals surface area contributed by atoms with Crippen LogP contribution in [0.15, 0.2) is 39.2 Å². The molecule has 0 atom stereocenters. The number of oxazole rings is 1. The third-order valence-electron chi connectivity index (χ3n) is 2.62. The van der Waals surface area contributed by atoms with Gasteiger partial charge in [0.1, 0.15) is 17.0 Å². The van der Waals surface area contributed by atoms with E-state index in [1.165, 1.54) is 0 Å². The lowest BCUT2D eigenvalue weighted by molar-refractivity contribution is 0.487. The number of hydrogen-bond acceptors (Lipinski definition) is 5. The number of nitrogens with zero attached hydrogens (tertiary/aromatic N) is 1. The Hall–Kier alpha value is -2.43. The van der Waals surface area contributed by atoms with Gasteiger partial charge in [-0.25, -0.2) is 0 Å². The molecule has 0 amide bonds. The summed E-state index contributed by atoms with van der Waals surface area (Å²) in [6.07, 6.45) is 0. The molecule has 92 valence electrons. The number of anilines is 2. The Balaban J connectivity index is 1.78. The summed E-state index contributed by atoms with van der Waals surface area (Å²) in [5.41, 5.74) is 7.81. The Morgan fingerprint density at radius 3 is 2.89 bits per heavy atom. The highest BCUT2D eigenvalue weighted by atomic mass is 16.4. The zero-order chi connectivity index (χ0) is 12.5. The molecule has 0 spiro atoms. The van der Waals surface area contributed by atoms with Gasteiger partial charge in [-0.3, -0.25) is 0 Å². The second-order valence-electron chi connectivity index (χ2n) is 4.11. The number of nitrogens with one attached hydrogen (secondary N) is 1. The van der Waals surface area contributed by atoms with E-state index in [9.17, 15) is 0 Å². The van der Waals surface area contributed by atoms with E-state index in [1.54, 1.807) is 18.2 Å². The molecule has 18 heavy (non-hydrogen) atoms. The second-order valence-corrected chi connectivity index (χ2v) is 4.11. The number of benzene rings is 1. The van der Waals surface area contributed by atoms with E-state index in [0.717, 1.165) is 17.0 Å². The van der Waals surface area contributed by atoms with Crippen LogP contribution in [0.5, 0.6) is 0 Å². The molecule has 0 aliphatic carbocycles. The molecule has 0 saturated heterocycles. The largest absolute Gasteiger partial charge is 0.465 e. The summed E-state index contributed by atoms with van der Waals surface area (Å²) in [6, 6.07) is 9.67. The summed E-state index contributed by atoms with van der Waals surface area (Å²) in [6.45, 7) is 2.45. The van der Waals surface area contributed by atoms with Gasteiger partial charge in [0, 0.05) is 5.69 Å². The normalized spacial score (nSPS) is 10.9. The lowest BCUT2D eigenvalue weighted by atomic mass is 10.3. The molecule has 2 heterocycles. The van der Waals surface area contributed by atoms with Gasteiger partial charge < -0.3 is 19.9 Å². The number of aromatic nitrogens is 1. The van der Waals surface area contributed by atoms with Crippen molar-refractivity contribution in [2.24, 2.45) is 0 Å². The quantitative estimate of drug-likeness (QED) is 0.691. The summed E-state index contributed by atoms with van der Waals surface area (Å²) in [4.78, 5) is 4.30. The predicted molar refractivity (Wildman–Crippen MR) is 69.2 cm³/mol. The number of furan rings is 1. The molecule has 3 N–H and O–H groups in total. The van der Waals surface area contributed by atoms with Crippen molar-refractivity contribution < 1.29 is 8.83 Å². The highest BCUT2D eigenvalue weighted by molar-refractivity contribution is 5.78. The zero-order valence-corrected chi connectivity index (χ0v) is 9.93. The number of hydrogen-bond donors (Lipinski definition) is 2. The molecule has 5 nitrogen and oxygen atoms in total. The Kier molecular flexibility index (Phi) is 2.44. The summed E-state index contributed by atoms with van der Waals surface area (Å²) in [5.74, 6) is 1.73. The predicted octanol–water partition coefficient (Wildman–Crippen LogP) is 2.92. The van der Waals surface area contributed by atoms with Crippen LogP contribution in [0.1, 0.15) is 11.5 Å². The van der Waals surface area contributed by atoms with Crippen molar-refractivity contribution in [2.45, 2.75) is 13.5 Å². The fraction of sp³-hybridized carbons (Fsp3) is 0.154. The minimum atomic E-state index is 0.463.